The third-order valence-electron chi connectivity index (χ3n) is 9.30. The second kappa shape index (κ2) is 2.42. The maximum atomic E-state index is 2.65. The molecular weight excluding hydrogens is 443 g/mol. The molecule has 3 rings (SSSR count). The first-order valence-corrected chi connectivity index (χ1v) is 38.2. The Morgan fingerprint density at radius 3 is 1.91 bits per heavy atom. The van der Waals surface area contributed by atoms with Crippen LogP contribution in [0.25, 0.3) is 6.08 Å². The summed E-state index contributed by atoms with van der Waals surface area (Å²) in [6.07, 6.45) is 14.2. The molecule has 23 heavy (non-hydrogen) atoms. The first-order chi connectivity index (χ1) is 9.71. The number of rotatable bonds is 2. The van der Waals surface area contributed by atoms with Crippen molar-refractivity contribution in [3.63, 3.8) is 0 Å². The third-order valence-corrected chi connectivity index (χ3v) is 58.5. The molecule has 1 aromatic carbocycles. The summed E-state index contributed by atoms with van der Waals surface area (Å²) in [7, 11) is 0. The molecule has 0 N–H and O–H groups in total. The minimum atomic E-state index is -5.36. The van der Waals surface area contributed by atoms with Crippen LogP contribution in [0.1, 0.15) is 18.1 Å². The van der Waals surface area contributed by atoms with E-state index in [-0.39, 0.29) is 3.17 Å². The molecule has 0 heterocycles. The molecule has 2 aliphatic carbocycles. The molecule has 0 aliphatic heterocycles. The number of allylic oxidation sites excluding steroid dienone is 5. The average Bonchev–Trinajstić information content (AvgIpc) is 2.97. The van der Waals surface area contributed by atoms with Gasteiger partial charge < -0.3 is 0 Å². The van der Waals surface area contributed by atoms with Gasteiger partial charge in [0.1, 0.15) is 0 Å². The molecule has 0 saturated carbocycles. The van der Waals surface area contributed by atoms with Gasteiger partial charge in [0, 0.05) is 0 Å². The summed E-state index contributed by atoms with van der Waals surface area (Å²) in [4.78, 5) is 0. The van der Waals surface area contributed by atoms with Crippen molar-refractivity contribution in [1.82, 2.24) is 0 Å². The quantitative estimate of drug-likeness (QED) is 0.378. The molecule has 0 nitrogen and oxygen atoms in total. The molecule has 0 fully saturated rings. The molecule has 0 amide bonds. The molecule has 0 spiro atoms. The van der Waals surface area contributed by atoms with E-state index in [9.17, 15) is 0 Å². The van der Waals surface area contributed by atoms with Crippen LogP contribution in [0.5, 0.6) is 0 Å². The van der Waals surface area contributed by atoms with Crippen molar-refractivity contribution in [2.75, 3.05) is 0 Å². The summed E-state index contributed by atoms with van der Waals surface area (Å²) in [6, 6.07) is 8.95. The van der Waals surface area contributed by atoms with Crippen molar-refractivity contribution in [1.29, 1.82) is 0 Å². The van der Waals surface area contributed by atoms with Gasteiger partial charge in [-0.25, -0.2) is 0 Å². The Morgan fingerprint density at radius 1 is 0.826 bits per heavy atom. The standard InChI is InChI=1S/C10H9.C5H5.7CH3.Hf/c1-8-6-7-9-4-2-3-5-10(8)9;1-2-4-5-3-1;;;;;;;;/h2-7H,1H3;1-5H;7*1H3;. The Bertz CT molecular complexity index is 873. The summed E-state index contributed by atoms with van der Waals surface area (Å²) in [5, 5.41) is 0. The Hall–Kier alpha value is -0.690. The van der Waals surface area contributed by atoms with Crippen LogP contribution in [0.15, 0.2) is 54.6 Å². The van der Waals surface area contributed by atoms with Gasteiger partial charge in [-0.1, -0.05) is 0 Å². The molecule has 2 aliphatic rings. The second-order valence-corrected chi connectivity index (χ2v) is 129. The Balaban J connectivity index is 2.63. The van der Waals surface area contributed by atoms with Gasteiger partial charge in [-0.3, -0.25) is 0 Å². The molecule has 1 unspecified atom stereocenters. The van der Waals surface area contributed by atoms with E-state index in [0.717, 1.165) is 0 Å². The Labute approximate surface area is 130 Å². The fourth-order valence-corrected chi connectivity index (χ4v) is 32.0. The van der Waals surface area contributed by atoms with Crippen molar-refractivity contribution >= 4 is 6.08 Å². The zero-order chi connectivity index (χ0) is 17.6. The Morgan fingerprint density at radius 2 is 1.35 bits per heavy atom. The molecule has 127 valence electrons. The summed E-state index contributed by atoms with van der Waals surface area (Å²) in [6.45, 7) is 2.49. The summed E-state index contributed by atoms with van der Waals surface area (Å²) >= 11 is -5.36. The third kappa shape index (κ3) is 1.65. The van der Waals surface area contributed by atoms with Crippen LogP contribution in [0, 0.1) is 0 Å². The van der Waals surface area contributed by atoms with Gasteiger partial charge in [0.2, 0.25) is 0 Å². The topological polar surface area (TPSA) is 0 Å². The average molecular weight is 478 g/mol. The van der Waals surface area contributed by atoms with Crippen molar-refractivity contribution in [2.45, 2.75) is 46.5 Å². The van der Waals surface area contributed by atoms with Crippen molar-refractivity contribution < 1.29 is 12.6 Å². The fourth-order valence-electron chi connectivity index (χ4n) is 5.33. The zero-order valence-electron chi connectivity index (χ0n) is 16.4. The van der Waals surface area contributed by atoms with Gasteiger partial charge in [0.15, 0.2) is 0 Å². The normalized spacial score (nSPS) is 33.0. The van der Waals surface area contributed by atoms with Gasteiger partial charge >= 0.3 is 131 Å². The predicted molar refractivity (Wildman–Crippen MR) is 106 cm³/mol. The van der Waals surface area contributed by atoms with Crippen LogP contribution < -0.4 is 0 Å². The van der Waals surface area contributed by atoms with Crippen LogP contribution >= 0.6 is 0 Å². The molecule has 1 atom stereocenters. The van der Waals surface area contributed by atoms with Gasteiger partial charge in [-0.15, -0.1) is 0 Å². The second-order valence-electron chi connectivity index (χ2n) is 18.8. The van der Waals surface area contributed by atoms with Crippen LogP contribution in [0.4, 0.5) is 0 Å². The summed E-state index contributed by atoms with van der Waals surface area (Å²) < 4.78 is 18.9. The molecular formula is C22H35Hf. The van der Waals surface area contributed by atoms with E-state index in [2.05, 4.69) is 100 Å². The first-order valence-electron chi connectivity index (χ1n) is 9.19. The molecule has 0 bridgehead atoms. The fraction of sp³-hybridized carbons (Fsp3) is 0.455. The number of benzene rings is 1. The van der Waals surface area contributed by atoms with E-state index in [1.54, 1.807) is 0 Å². The van der Waals surface area contributed by atoms with Crippen LogP contribution in [0.3, 0.4) is 0 Å². The molecule has 1 aromatic rings. The van der Waals surface area contributed by atoms with Gasteiger partial charge in [0.05, 0.1) is 0 Å². The van der Waals surface area contributed by atoms with Gasteiger partial charge in [0.25, 0.3) is 0 Å². The van der Waals surface area contributed by atoms with E-state index < -0.39 is 12.6 Å². The monoisotopic (exact) mass is 479 g/mol. The number of fused-ring (bicyclic) bond motifs is 1. The van der Waals surface area contributed by atoms with Crippen molar-refractivity contribution in [2.24, 2.45) is 0 Å². The molecule has 0 radical (unpaired) electrons. The number of hydrogen-bond acceptors (Lipinski definition) is 0. The molecule has 0 aromatic heterocycles. The van der Waals surface area contributed by atoms with E-state index in [1.807, 2.05) is 0 Å². The van der Waals surface area contributed by atoms with Crippen molar-refractivity contribution in [3.8, 4) is 0 Å². The van der Waals surface area contributed by atoms with E-state index in [0.29, 0.717) is 3.67 Å². The number of hydrogen-bond donors (Lipinski definition) is 0. The van der Waals surface area contributed by atoms with Crippen LogP contribution in [0.2, 0.25) is 36.4 Å². The SMILES string of the molecule is C[C]1([Hf]([CH3])([CH3])([CH3])([CH3])([CH3])([CH3])([CH3])[CH]2C=CC=C2)C=Cc2ccccc21. The first kappa shape index (κ1) is 17.1. The van der Waals surface area contributed by atoms with Crippen molar-refractivity contribution in [3.05, 3.63) is 65.8 Å². The maximum absolute atomic E-state index is 5.36. The van der Waals surface area contributed by atoms with Gasteiger partial charge in [-0.2, -0.15) is 0 Å². The summed E-state index contributed by atoms with van der Waals surface area (Å²) in [5.41, 5.74) is 2.85. The predicted octanol–water partition coefficient (Wildman–Crippen LogP) is 8.01. The Kier molecular flexibility index (Phi) is 1.80. The van der Waals surface area contributed by atoms with Crippen LogP contribution in [-0.2, 0) is 15.8 Å². The van der Waals surface area contributed by atoms with Gasteiger partial charge in [-0.05, 0) is 0 Å². The molecule has 0 saturated heterocycles. The van der Waals surface area contributed by atoms with Crippen LogP contribution in [-0.4, -0.2) is 0 Å². The zero-order valence-corrected chi connectivity index (χ0v) is 19.9. The van der Waals surface area contributed by atoms with E-state index >= 15 is 0 Å². The minimum absolute atomic E-state index is 0.0398. The van der Waals surface area contributed by atoms with E-state index in [4.69, 9.17) is 0 Å². The molecule has 1 heteroatoms. The summed E-state index contributed by atoms with van der Waals surface area (Å²) in [5.74, 6) is 0. The van der Waals surface area contributed by atoms with E-state index in [1.165, 1.54) is 11.1 Å².